The van der Waals surface area contributed by atoms with Gasteiger partial charge in [0.2, 0.25) is 0 Å². The van der Waals surface area contributed by atoms with Crippen LogP contribution in [0.2, 0.25) is 0 Å². The fourth-order valence-electron chi connectivity index (χ4n) is 4.74. The zero-order chi connectivity index (χ0) is 25.9. The lowest BCUT2D eigenvalue weighted by atomic mass is 10.0. The first-order chi connectivity index (χ1) is 18.1. The van der Waals surface area contributed by atoms with Gasteiger partial charge in [-0.2, -0.15) is 0 Å². The molecule has 0 amide bonds. The Balaban J connectivity index is 0.000000159. The molecule has 0 saturated carbocycles. The molecule has 0 aliphatic heterocycles. The molecule has 7 rings (SSSR count). The number of halogens is 2. The van der Waals surface area contributed by atoms with E-state index in [0.29, 0.717) is 0 Å². The number of fused-ring (bicyclic) bond motifs is 6. The number of hydrogen-bond acceptors (Lipinski definition) is 1. The van der Waals surface area contributed by atoms with E-state index in [0.717, 1.165) is 8.95 Å². The smallest absolute Gasteiger partial charge is 0.0489 e. The first-order valence-electron chi connectivity index (χ1n) is 12.4. The zero-order valence-corrected chi connectivity index (χ0v) is 25.0. The molecule has 1 nitrogen and oxygen atoms in total. The van der Waals surface area contributed by atoms with Crippen molar-refractivity contribution >= 4 is 85.2 Å². The van der Waals surface area contributed by atoms with Crippen molar-refractivity contribution in [2.24, 2.45) is 7.05 Å². The average Bonchev–Trinajstić information content (AvgIpc) is 3.45. The Morgan fingerprint density at radius 1 is 0.514 bits per heavy atom. The predicted octanol–water partition coefficient (Wildman–Crippen LogP) is 11.6. The van der Waals surface area contributed by atoms with Crippen molar-refractivity contribution in [3.8, 4) is 11.1 Å². The van der Waals surface area contributed by atoms with Crippen LogP contribution in [-0.4, -0.2) is 4.57 Å². The Labute approximate surface area is 238 Å². The summed E-state index contributed by atoms with van der Waals surface area (Å²) in [7, 11) is 2.13. The number of aromatic nitrogens is 1. The summed E-state index contributed by atoms with van der Waals surface area (Å²) in [6, 6.07) is 38.7. The quantitative estimate of drug-likeness (QED) is 0.170. The first kappa shape index (κ1) is 25.7. The van der Waals surface area contributed by atoms with Gasteiger partial charge >= 0.3 is 0 Å². The molecule has 2 heterocycles. The highest BCUT2D eigenvalue weighted by molar-refractivity contribution is 9.11. The van der Waals surface area contributed by atoms with E-state index in [1.165, 1.54) is 53.1 Å². The molecular formula is C33H27Br2NS. The van der Waals surface area contributed by atoms with E-state index in [1.807, 2.05) is 25.2 Å². The summed E-state index contributed by atoms with van der Waals surface area (Å²) in [5, 5.41) is 5.36. The minimum absolute atomic E-state index is 1.08. The summed E-state index contributed by atoms with van der Waals surface area (Å²) in [5.41, 5.74) is 4.96. The fraction of sp³-hybridized carbons (Fsp3) is 0.0909. The molecule has 0 aliphatic carbocycles. The molecule has 0 radical (unpaired) electrons. The van der Waals surface area contributed by atoms with Crippen LogP contribution in [0, 0.1) is 0 Å². The topological polar surface area (TPSA) is 4.93 Å². The van der Waals surface area contributed by atoms with Crippen LogP contribution >= 0.6 is 43.2 Å². The first-order valence-corrected chi connectivity index (χ1v) is 14.8. The van der Waals surface area contributed by atoms with Crippen LogP contribution in [0.15, 0.2) is 118 Å². The van der Waals surface area contributed by atoms with Crippen LogP contribution < -0.4 is 0 Å². The summed E-state index contributed by atoms with van der Waals surface area (Å²) in [5.74, 6) is 0. The van der Waals surface area contributed by atoms with Crippen LogP contribution in [0.25, 0.3) is 53.1 Å². The monoisotopic (exact) mass is 627 g/mol. The second-order valence-corrected chi connectivity index (χ2v) is 11.5. The molecule has 0 fully saturated rings. The highest BCUT2D eigenvalue weighted by Gasteiger charge is 2.09. The summed E-state index contributed by atoms with van der Waals surface area (Å²) in [4.78, 5) is 0. The standard InChI is InChI=1S/C19H13Br2N.C12H8S.C2H6/c1-22-18-5-3-2-4-16(18)17-10-12(6-7-19(17)22)13-8-14(20)11-15(21)9-13;1-3-7-11-9(5-1)10-6-2-4-8-12(10)13-11;1-2/h2-11H,1H3;1-8H;1-2H3. The Morgan fingerprint density at radius 2 is 1.03 bits per heavy atom. The number of thiophene rings is 1. The average molecular weight is 629 g/mol. The van der Waals surface area contributed by atoms with Gasteiger partial charge in [0.25, 0.3) is 0 Å². The molecule has 5 aromatic carbocycles. The molecule has 0 saturated heterocycles. The Bertz CT molecular complexity index is 1770. The predicted molar refractivity (Wildman–Crippen MR) is 172 cm³/mol. The van der Waals surface area contributed by atoms with Crippen molar-refractivity contribution in [2.45, 2.75) is 13.8 Å². The lowest BCUT2D eigenvalue weighted by Gasteiger charge is -2.05. The fourth-order valence-corrected chi connectivity index (χ4v) is 7.14. The minimum atomic E-state index is 1.08. The van der Waals surface area contributed by atoms with Gasteiger partial charge in [0.15, 0.2) is 0 Å². The van der Waals surface area contributed by atoms with E-state index < -0.39 is 0 Å². The van der Waals surface area contributed by atoms with Crippen LogP contribution in [0.4, 0.5) is 0 Å². The molecule has 0 unspecified atom stereocenters. The molecule has 7 aromatic rings. The van der Waals surface area contributed by atoms with Crippen LogP contribution in [0.5, 0.6) is 0 Å². The normalized spacial score (nSPS) is 10.8. The summed E-state index contributed by atoms with van der Waals surface area (Å²) in [6.07, 6.45) is 0. The third kappa shape index (κ3) is 5.11. The van der Waals surface area contributed by atoms with Crippen molar-refractivity contribution in [2.75, 3.05) is 0 Å². The van der Waals surface area contributed by atoms with Gasteiger partial charge in [0, 0.05) is 58.0 Å². The summed E-state index contributed by atoms with van der Waals surface area (Å²) >= 11 is 9.00. The molecule has 0 N–H and O–H groups in total. The molecule has 0 spiro atoms. The second-order valence-electron chi connectivity index (χ2n) is 8.56. The van der Waals surface area contributed by atoms with Gasteiger partial charge in [-0.3, -0.25) is 0 Å². The Kier molecular flexibility index (Phi) is 7.80. The van der Waals surface area contributed by atoms with Gasteiger partial charge in [-0.05, 0) is 59.7 Å². The van der Waals surface area contributed by atoms with Crippen molar-refractivity contribution in [1.29, 1.82) is 0 Å². The van der Waals surface area contributed by atoms with E-state index in [2.05, 4.69) is 153 Å². The Hall–Kier alpha value is -2.92. The van der Waals surface area contributed by atoms with Gasteiger partial charge in [0.05, 0.1) is 0 Å². The zero-order valence-electron chi connectivity index (χ0n) is 21.0. The SMILES string of the molecule is CC.Cn1c2ccccc2c2cc(-c3cc(Br)cc(Br)c3)ccc21.c1ccc2c(c1)sc1ccccc12. The summed E-state index contributed by atoms with van der Waals surface area (Å²) < 4.78 is 7.17. The molecule has 0 atom stereocenters. The molecular weight excluding hydrogens is 602 g/mol. The number of nitrogens with zero attached hydrogens (tertiary/aromatic N) is 1. The van der Waals surface area contributed by atoms with Gasteiger partial charge in [-0.1, -0.05) is 106 Å². The van der Waals surface area contributed by atoms with Gasteiger partial charge in [0.1, 0.15) is 0 Å². The van der Waals surface area contributed by atoms with E-state index in [1.54, 1.807) is 0 Å². The number of para-hydroxylation sites is 1. The number of aryl methyl sites for hydroxylation is 1. The van der Waals surface area contributed by atoms with E-state index in [-0.39, 0.29) is 0 Å². The lowest BCUT2D eigenvalue weighted by molar-refractivity contribution is 1.01. The molecule has 0 bridgehead atoms. The van der Waals surface area contributed by atoms with Crippen LogP contribution in [-0.2, 0) is 7.05 Å². The minimum Gasteiger partial charge on any atom is -0.344 e. The van der Waals surface area contributed by atoms with Crippen molar-refractivity contribution in [1.82, 2.24) is 4.57 Å². The van der Waals surface area contributed by atoms with E-state index in [9.17, 15) is 0 Å². The molecule has 2 aromatic heterocycles. The lowest BCUT2D eigenvalue weighted by Crippen LogP contribution is -1.86. The van der Waals surface area contributed by atoms with Gasteiger partial charge in [-0.25, -0.2) is 0 Å². The van der Waals surface area contributed by atoms with Gasteiger partial charge < -0.3 is 4.57 Å². The number of rotatable bonds is 1. The van der Waals surface area contributed by atoms with Gasteiger partial charge in [-0.15, -0.1) is 11.3 Å². The highest BCUT2D eigenvalue weighted by Crippen LogP contribution is 2.34. The molecule has 0 aliphatic rings. The maximum absolute atomic E-state index is 3.57. The van der Waals surface area contributed by atoms with E-state index in [4.69, 9.17) is 0 Å². The van der Waals surface area contributed by atoms with Crippen molar-refractivity contribution in [3.05, 3.63) is 118 Å². The molecule has 184 valence electrons. The number of benzene rings is 5. The highest BCUT2D eigenvalue weighted by atomic mass is 79.9. The molecule has 4 heteroatoms. The third-order valence-electron chi connectivity index (χ3n) is 6.39. The molecule has 37 heavy (non-hydrogen) atoms. The van der Waals surface area contributed by atoms with E-state index >= 15 is 0 Å². The third-order valence-corrected chi connectivity index (χ3v) is 8.46. The van der Waals surface area contributed by atoms with Crippen LogP contribution in [0.1, 0.15) is 13.8 Å². The second kappa shape index (κ2) is 11.2. The number of hydrogen-bond donors (Lipinski definition) is 0. The van der Waals surface area contributed by atoms with Crippen molar-refractivity contribution < 1.29 is 0 Å². The summed E-state index contributed by atoms with van der Waals surface area (Å²) in [6.45, 7) is 4.00. The largest absolute Gasteiger partial charge is 0.344 e. The van der Waals surface area contributed by atoms with Crippen LogP contribution in [0.3, 0.4) is 0 Å². The maximum Gasteiger partial charge on any atom is 0.0489 e. The van der Waals surface area contributed by atoms with Crippen molar-refractivity contribution in [3.63, 3.8) is 0 Å². The maximum atomic E-state index is 3.57. The Morgan fingerprint density at radius 3 is 1.65 bits per heavy atom.